The summed E-state index contributed by atoms with van der Waals surface area (Å²) in [7, 11) is 0. The highest BCUT2D eigenvalue weighted by molar-refractivity contribution is 4.89. The van der Waals surface area contributed by atoms with Crippen molar-refractivity contribution < 1.29 is 5.11 Å². The topological polar surface area (TPSA) is 32.3 Å². The molecule has 1 atom stereocenters. The second-order valence-electron chi connectivity index (χ2n) is 5.35. The zero-order valence-electron chi connectivity index (χ0n) is 10.4. The minimum absolute atomic E-state index is 0.353. The molecule has 0 bridgehead atoms. The Bertz CT molecular complexity index is 166. The van der Waals surface area contributed by atoms with Crippen molar-refractivity contribution >= 4 is 0 Å². The lowest BCUT2D eigenvalue weighted by Crippen LogP contribution is -2.41. The van der Waals surface area contributed by atoms with Gasteiger partial charge in [-0.3, -0.25) is 0 Å². The molecule has 1 fully saturated rings. The standard InChI is InChI=1S/C13H27NO/c1-3-5-12(2)10-14-11-13(8-9-15)6-4-7-13/h12,14-15H,3-11H2,1-2H3. The van der Waals surface area contributed by atoms with Crippen molar-refractivity contribution in [1.82, 2.24) is 5.32 Å². The molecule has 90 valence electrons. The van der Waals surface area contributed by atoms with E-state index >= 15 is 0 Å². The average molecular weight is 213 g/mol. The van der Waals surface area contributed by atoms with E-state index in [2.05, 4.69) is 19.2 Å². The summed E-state index contributed by atoms with van der Waals surface area (Å²) in [6, 6.07) is 0. The lowest BCUT2D eigenvalue weighted by Gasteiger charge is -2.42. The van der Waals surface area contributed by atoms with Crippen LogP contribution in [-0.2, 0) is 0 Å². The van der Waals surface area contributed by atoms with Crippen LogP contribution in [0.3, 0.4) is 0 Å². The molecule has 1 saturated carbocycles. The molecule has 1 rings (SSSR count). The molecule has 0 spiro atoms. The van der Waals surface area contributed by atoms with Crippen LogP contribution in [0.25, 0.3) is 0 Å². The van der Waals surface area contributed by atoms with Gasteiger partial charge in [-0.05, 0) is 43.6 Å². The molecule has 0 amide bonds. The number of rotatable bonds is 8. The van der Waals surface area contributed by atoms with Gasteiger partial charge in [-0.2, -0.15) is 0 Å². The quantitative estimate of drug-likeness (QED) is 0.649. The molecule has 1 aliphatic carbocycles. The maximum atomic E-state index is 9.03. The average Bonchev–Trinajstić information content (AvgIpc) is 2.14. The van der Waals surface area contributed by atoms with Crippen LogP contribution < -0.4 is 5.32 Å². The van der Waals surface area contributed by atoms with Crippen LogP contribution in [-0.4, -0.2) is 24.8 Å². The maximum absolute atomic E-state index is 9.03. The van der Waals surface area contributed by atoms with Crippen LogP contribution in [0.2, 0.25) is 0 Å². The maximum Gasteiger partial charge on any atom is 0.0436 e. The van der Waals surface area contributed by atoms with Gasteiger partial charge in [-0.25, -0.2) is 0 Å². The third kappa shape index (κ3) is 4.12. The lowest BCUT2D eigenvalue weighted by molar-refractivity contribution is 0.0852. The van der Waals surface area contributed by atoms with Gasteiger partial charge in [0.25, 0.3) is 0 Å². The van der Waals surface area contributed by atoms with E-state index < -0.39 is 0 Å². The van der Waals surface area contributed by atoms with E-state index in [0.717, 1.165) is 25.4 Å². The van der Waals surface area contributed by atoms with Crippen molar-refractivity contribution in [2.45, 2.75) is 52.4 Å². The Labute approximate surface area is 94.5 Å². The molecule has 2 heteroatoms. The zero-order chi connectivity index (χ0) is 11.1. The molecule has 0 aromatic rings. The van der Waals surface area contributed by atoms with Crippen molar-refractivity contribution in [3.63, 3.8) is 0 Å². The van der Waals surface area contributed by atoms with E-state index in [1.54, 1.807) is 0 Å². The third-order valence-corrected chi connectivity index (χ3v) is 3.83. The van der Waals surface area contributed by atoms with Gasteiger partial charge in [0, 0.05) is 13.2 Å². The Balaban J connectivity index is 2.12. The minimum atomic E-state index is 0.353. The monoisotopic (exact) mass is 213 g/mol. The van der Waals surface area contributed by atoms with Crippen molar-refractivity contribution in [2.24, 2.45) is 11.3 Å². The fourth-order valence-corrected chi connectivity index (χ4v) is 2.61. The third-order valence-electron chi connectivity index (χ3n) is 3.83. The summed E-state index contributed by atoms with van der Waals surface area (Å²) in [5, 5.41) is 12.6. The first-order chi connectivity index (χ1) is 7.22. The normalized spacial score (nSPS) is 21.0. The SMILES string of the molecule is CCCC(C)CNCC1(CCO)CCC1. The molecule has 2 nitrogen and oxygen atoms in total. The Morgan fingerprint density at radius 3 is 2.60 bits per heavy atom. The van der Waals surface area contributed by atoms with Gasteiger partial charge >= 0.3 is 0 Å². The molecular formula is C13H27NO. The van der Waals surface area contributed by atoms with Crippen LogP contribution >= 0.6 is 0 Å². The molecule has 0 aliphatic heterocycles. The molecule has 0 aromatic heterocycles. The van der Waals surface area contributed by atoms with E-state index in [0.29, 0.717) is 12.0 Å². The Morgan fingerprint density at radius 1 is 1.40 bits per heavy atom. The van der Waals surface area contributed by atoms with Crippen LogP contribution in [0.1, 0.15) is 52.4 Å². The van der Waals surface area contributed by atoms with Crippen LogP contribution in [0.15, 0.2) is 0 Å². The first-order valence-electron chi connectivity index (χ1n) is 6.54. The second kappa shape index (κ2) is 6.49. The van der Waals surface area contributed by atoms with E-state index in [-0.39, 0.29) is 0 Å². The molecule has 2 N–H and O–H groups in total. The van der Waals surface area contributed by atoms with Gasteiger partial charge in [0.05, 0.1) is 0 Å². The van der Waals surface area contributed by atoms with E-state index in [9.17, 15) is 0 Å². The van der Waals surface area contributed by atoms with Gasteiger partial charge in [-0.1, -0.05) is 26.7 Å². The number of hydrogen-bond acceptors (Lipinski definition) is 2. The summed E-state index contributed by atoms with van der Waals surface area (Å²) in [6.45, 7) is 7.17. The summed E-state index contributed by atoms with van der Waals surface area (Å²) < 4.78 is 0. The smallest absolute Gasteiger partial charge is 0.0436 e. The highest BCUT2D eigenvalue weighted by Crippen LogP contribution is 2.43. The molecule has 0 saturated heterocycles. The van der Waals surface area contributed by atoms with Crippen molar-refractivity contribution in [3.05, 3.63) is 0 Å². The zero-order valence-corrected chi connectivity index (χ0v) is 10.4. The predicted octanol–water partition coefficient (Wildman–Crippen LogP) is 2.56. The number of hydrogen-bond donors (Lipinski definition) is 2. The van der Waals surface area contributed by atoms with Gasteiger partial charge < -0.3 is 10.4 Å². The molecule has 0 aromatic carbocycles. The Hall–Kier alpha value is -0.0800. The van der Waals surface area contributed by atoms with Gasteiger partial charge in [0.1, 0.15) is 0 Å². The largest absolute Gasteiger partial charge is 0.396 e. The number of nitrogens with one attached hydrogen (secondary N) is 1. The molecule has 0 radical (unpaired) electrons. The highest BCUT2D eigenvalue weighted by Gasteiger charge is 2.35. The fraction of sp³-hybridized carbons (Fsp3) is 1.00. The summed E-state index contributed by atoms with van der Waals surface area (Å²) in [5.74, 6) is 0.793. The number of aliphatic hydroxyl groups is 1. The van der Waals surface area contributed by atoms with Crippen molar-refractivity contribution in [3.8, 4) is 0 Å². The fourth-order valence-electron chi connectivity index (χ4n) is 2.61. The summed E-state index contributed by atoms with van der Waals surface area (Å²) in [4.78, 5) is 0. The predicted molar refractivity (Wildman–Crippen MR) is 64.9 cm³/mol. The minimum Gasteiger partial charge on any atom is -0.396 e. The Morgan fingerprint density at radius 2 is 2.13 bits per heavy atom. The molecule has 0 heterocycles. The van der Waals surface area contributed by atoms with Gasteiger partial charge in [-0.15, -0.1) is 0 Å². The molecular weight excluding hydrogens is 186 g/mol. The van der Waals surface area contributed by atoms with E-state index in [1.165, 1.54) is 32.1 Å². The van der Waals surface area contributed by atoms with Crippen molar-refractivity contribution in [1.29, 1.82) is 0 Å². The summed E-state index contributed by atoms with van der Waals surface area (Å²) in [6.07, 6.45) is 7.56. The molecule has 1 unspecified atom stereocenters. The molecule has 15 heavy (non-hydrogen) atoms. The van der Waals surface area contributed by atoms with Gasteiger partial charge in [0.15, 0.2) is 0 Å². The Kier molecular flexibility index (Phi) is 5.62. The van der Waals surface area contributed by atoms with E-state index in [4.69, 9.17) is 5.11 Å². The van der Waals surface area contributed by atoms with E-state index in [1.807, 2.05) is 0 Å². The molecule has 1 aliphatic rings. The second-order valence-corrected chi connectivity index (χ2v) is 5.35. The lowest BCUT2D eigenvalue weighted by atomic mass is 9.67. The highest BCUT2D eigenvalue weighted by atomic mass is 16.3. The van der Waals surface area contributed by atoms with Crippen LogP contribution in [0.5, 0.6) is 0 Å². The summed E-state index contributed by atoms with van der Waals surface area (Å²) >= 11 is 0. The first kappa shape index (κ1) is 13.0. The van der Waals surface area contributed by atoms with Gasteiger partial charge in [0.2, 0.25) is 0 Å². The number of aliphatic hydroxyl groups excluding tert-OH is 1. The van der Waals surface area contributed by atoms with Crippen LogP contribution in [0.4, 0.5) is 0 Å². The summed E-state index contributed by atoms with van der Waals surface area (Å²) in [5.41, 5.74) is 0.445. The van der Waals surface area contributed by atoms with Crippen LogP contribution in [0, 0.1) is 11.3 Å². The van der Waals surface area contributed by atoms with Crippen molar-refractivity contribution in [2.75, 3.05) is 19.7 Å². The first-order valence-corrected chi connectivity index (χ1v) is 6.54.